The van der Waals surface area contributed by atoms with Gasteiger partial charge in [0.1, 0.15) is 5.82 Å². The lowest BCUT2D eigenvalue weighted by atomic mass is 10.1. The molecule has 0 fully saturated rings. The van der Waals surface area contributed by atoms with Crippen LogP contribution >= 0.6 is 0 Å². The van der Waals surface area contributed by atoms with E-state index in [1.807, 2.05) is 0 Å². The minimum atomic E-state index is -0.841. The summed E-state index contributed by atoms with van der Waals surface area (Å²) in [6.45, 7) is 3.60. The predicted octanol–water partition coefficient (Wildman–Crippen LogP) is 1.99. The van der Waals surface area contributed by atoms with E-state index in [4.69, 9.17) is 4.74 Å². The Morgan fingerprint density at radius 3 is 2.60 bits per heavy atom. The Hall–Kier alpha value is -2.17. The van der Waals surface area contributed by atoms with E-state index in [9.17, 15) is 14.0 Å². The van der Waals surface area contributed by atoms with Crippen LogP contribution in [0.3, 0.4) is 0 Å². The van der Waals surface area contributed by atoms with Crippen molar-refractivity contribution in [3.05, 3.63) is 47.8 Å². The molecule has 0 radical (unpaired) electrons. The fourth-order valence-corrected chi connectivity index (χ4v) is 1.53. The van der Waals surface area contributed by atoms with Crippen molar-refractivity contribution in [3.63, 3.8) is 0 Å². The summed E-state index contributed by atoms with van der Waals surface area (Å²) >= 11 is 0. The number of allylic oxidation sites excluding steroid dienone is 1. The Balaban J connectivity index is 2.32. The standard InChI is InChI=1S/C15H18FNO3/c1-3-4-14(18)20-11(2)15(19)17-10-9-12-5-7-13(16)8-6-12/h3-8,11H,9-10H2,1-2H3,(H,17,19)/b4-3+. The van der Waals surface area contributed by atoms with Gasteiger partial charge >= 0.3 is 5.97 Å². The molecule has 1 rings (SSSR count). The number of halogens is 1. The molecular formula is C15H18FNO3. The average molecular weight is 279 g/mol. The van der Waals surface area contributed by atoms with Crippen molar-refractivity contribution in [3.8, 4) is 0 Å². The van der Waals surface area contributed by atoms with Crippen LogP contribution in [0.5, 0.6) is 0 Å². The molecule has 0 bridgehead atoms. The maximum Gasteiger partial charge on any atom is 0.331 e. The molecule has 1 aromatic rings. The summed E-state index contributed by atoms with van der Waals surface area (Å²) in [6, 6.07) is 6.07. The third-order valence-corrected chi connectivity index (χ3v) is 2.59. The van der Waals surface area contributed by atoms with Crippen molar-refractivity contribution in [2.75, 3.05) is 6.54 Å². The Morgan fingerprint density at radius 2 is 2.00 bits per heavy atom. The van der Waals surface area contributed by atoms with Gasteiger partial charge in [-0.15, -0.1) is 0 Å². The molecule has 0 aliphatic heterocycles. The quantitative estimate of drug-likeness (QED) is 0.640. The second-order valence-electron chi connectivity index (χ2n) is 4.25. The largest absolute Gasteiger partial charge is 0.449 e. The van der Waals surface area contributed by atoms with Gasteiger partial charge in [0.05, 0.1) is 0 Å². The topological polar surface area (TPSA) is 55.4 Å². The third kappa shape index (κ3) is 5.65. The molecule has 1 aromatic carbocycles. The van der Waals surface area contributed by atoms with E-state index in [0.29, 0.717) is 13.0 Å². The van der Waals surface area contributed by atoms with Crippen LogP contribution in [-0.4, -0.2) is 24.5 Å². The monoisotopic (exact) mass is 279 g/mol. The summed E-state index contributed by atoms with van der Waals surface area (Å²) in [5.74, 6) is -1.19. The van der Waals surface area contributed by atoms with Crippen molar-refractivity contribution in [2.45, 2.75) is 26.4 Å². The number of esters is 1. The van der Waals surface area contributed by atoms with E-state index < -0.39 is 12.1 Å². The zero-order valence-electron chi connectivity index (χ0n) is 11.6. The maximum atomic E-state index is 12.7. The van der Waals surface area contributed by atoms with Gasteiger partial charge in [0.15, 0.2) is 6.10 Å². The molecule has 0 heterocycles. The molecular weight excluding hydrogens is 261 g/mol. The number of amides is 1. The SMILES string of the molecule is C/C=C/C(=O)OC(C)C(=O)NCCc1ccc(F)cc1. The Morgan fingerprint density at radius 1 is 1.35 bits per heavy atom. The van der Waals surface area contributed by atoms with Crippen molar-refractivity contribution in [1.29, 1.82) is 0 Å². The van der Waals surface area contributed by atoms with Gasteiger partial charge in [-0.05, 0) is 38.0 Å². The predicted molar refractivity (Wildman–Crippen MR) is 73.5 cm³/mol. The molecule has 108 valence electrons. The molecule has 0 aliphatic carbocycles. The molecule has 1 atom stereocenters. The van der Waals surface area contributed by atoms with E-state index in [2.05, 4.69) is 5.32 Å². The number of benzene rings is 1. The van der Waals surface area contributed by atoms with Gasteiger partial charge in [0.25, 0.3) is 5.91 Å². The van der Waals surface area contributed by atoms with E-state index in [1.165, 1.54) is 25.1 Å². The molecule has 1 N–H and O–H groups in total. The van der Waals surface area contributed by atoms with Crippen LogP contribution in [-0.2, 0) is 20.7 Å². The van der Waals surface area contributed by atoms with Gasteiger partial charge in [-0.3, -0.25) is 4.79 Å². The van der Waals surface area contributed by atoms with Gasteiger partial charge in [-0.2, -0.15) is 0 Å². The fraction of sp³-hybridized carbons (Fsp3) is 0.333. The van der Waals surface area contributed by atoms with Crippen LogP contribution in [0.2, 0.25) is 0 Å². The lowest BCUT2D eigenvalue weighted by molar-refractivity contribution is -0.150. The molecule has 0 aliphatic rings. The van der Waals surface area contributed by atoms with Gasteiger partial charge in [-0.1, -0.05) is 18.2 Å². The second-order valence-corrected chi connectivity index (χ2v) is 4.25. The van der Waals surface area contributed by atoms with E-state index in [1.54, 1.807) is 25.1 Å². The maximum absolute atomic E-state index is 12.7. The number of hydrogen-bond acceptors (Lipinski definition) is 3. The van der Waals surface area contributed by atoms with Crippen molar-refractivity contribution in [2.24, 2.45) is 0 Å². The molecule has 0 saturated heterocycles. The molecule has 1 amide bonds. The lowest BCUT2D eigenvalue weighted by Crippen LogP contribution is -2.36. The first kappa shape index (κ1) is 15.9. The van der Waals surface area contributed by atoms with Crippen LogP contribution in [0.1, 0.15) is 19.4 Å². The fourth-order valence-electron chi connectivity index (χ4n) is 1.53. The average Bonchev–Trinajstić information content (AvgIpc) is 2.41. The number of carbonyl (C=O) groups is 2. The zero-order chi connectivity index (χ0) is 15.0. The van der Waals surface area contributed by atoms with Crippen LogP contribution in [0.15, 0.2) is 36.4 Å². The normalized spacial score (nSPS) is 12.2. The highest BCUT2D eigenvalue weighted by Gasteiger charge is 2.15. The van der Waals surface area contributed by atoms with E-state index >= 15 is 0 Å². The highest BCUT2D eigenvalue weighted by atomic mass is 19.1. The van der Waals surface area contributed by atoms with Crippen molar-refractivity contribution < 1.29 is 18.7 Å². The van der Waals surface area contributed by atoms with Gasteiger partial charge < -0.3 is 10.1 Å². The first-order valence-electron chi connectivity index (χ1n) is 6.38. The number of ether oxygens (including phenoxy) is 1. The summed E-state index contributed by atoms with van der Waals surface area (Å²) in [7, 11) is 0. The molecule has 0 spiro atoms. The van der Waals surface area contributed by atoms with Crippen molar-refractivity contribution >= 4 is 11.9 Å². The number of carbonyl (C=O) groups excluding carboxylic acids is 2. The highest BCUT2D eigenvalue weighted by molar-refractivity contribution is 5.87. The Bertz CT molecular complexity index is 482. The van der Waals surface area contributed by atoms with E-state index in [0.717, 1.165) is 5.56 Å². The molecule has 5 heteroatoms. The first-order valence-corrected chi connectivity index (χ1v) is 6.38. The Kier molecular flexibility index (Phi) is 6.43. The van der Waals surface area contributed by atoms with Crippen LogP contribution in [0.25, 0.3) is 0 Å². The summed E-state index contributed by atoms with van der Waals surface area (Å²) in [6.07, 6.45) is 2.54. The molecule has 0 saturated carbocycles. The molecule has 20 heavy (non-hydrogen) atoms. The summed E-state index contributed by atoms with van der Waals surface area (Å²) in [5.41, 5.74) is 0.922. The van der Waals surface area contributed by atoms with Crippen molar-refractivity contribution in [1.82, 2.24) is 5.32 Å². The summed E-state index contributed by atoms with van der Waals surface area (Å²) in [5, 5.41) is 2.66. The van der Waals surface area contributed by atoms with Crippen LogP contribution < -0.4 is 5.32 Å². The summed E-state index contributed by atoms with van der Waals surface area (Å²) in [4.78, 5) is 22.8. The van der Waals surface area contributed by atoms with Crippen LogP contribution in [0.4, 0.5) is 4.39 Å². The van der Waals surface area contributed by atoms with Gasteiger partial charge in [-0.25, -0.2) is 9.18 Å². The highest BCUT2D eigenvalue weighted by Crippen LogP contribution is 2.03. The molecule has 0 aromatic heterocycles. The number of rotatable bonds is 6. The van der Waals surface area contributed by atoms with Gasteiger partial charge in [0, 0.05) is 12.6 Å². The first-order chi connectivity index (χ1) is 9.52. The number of nitrogens with one attached hydrogen (secondary N) is 1. The van der Waals surface area contributed by atoms with Crippen LogP contribution in [0, 0.1) is 5.82 Å². The van der Waals surface area contributed by atoms with Gasteiger partial charge in [0.2, 0.25) is 0 Å². The lowest BCUT2D eigenvalue weighted by Gasteiger charge is -2.12. The minimum Gasteiger partial charge on any atom is -0.449 e. The molecule has 1 unspecified atom stereocenters. The third-order valence-electron chi connectivity index (χ3n) is 2.59. The minimum absolute atomic E-state index is 0.290. The number of hydrogen-bond donors (Lipinski definition) is 1. The molecule has 4 nitrogen and oxygen atoms in total. The van der Waals surface area contributed by atoms with E-state index in [-0.39, 0.29) is 11.7 Å². The summed E-state index contributed by atoms with van der Waals surface area (Å²) < 4.78 is 17.6. The second kappa shape index (κ2) is 8.09. The Labute approximate surface area is 117 Å². The zero-order valence-corrected chi connectivity index (χ0v) is 11.6. The smallest absolute Gasteiger partial charge is 0.331 e.